The molecule has 4 nitrogen and oxygen atoms in total. The number of ether oxygens (including phenoxy) is 2. The zero-order chi connectivity index (χ0) is 9.35. The Kier molecular flexibility index (Phi) is 2.93. The fraction of sp³-hybridized carbons (Fsp3) is 0.800. The van der Waals surface area contributed by atoms with Gasteiger partial charge in [-0.25, -0.2) is 4.79 Å². The Morgan fingerprint density at radius 1 is 1.58 bits per heavy atom. The number of alkyl halides is 3. The quantitative estimate of drug-likeness (QED) is 0.698. The van der Waals surface area contributed by atoms with Crippen LogP contribution in [0.15, 0.2) is 0 Å². The predicted molar refractivity (Wildman–Crippen MR) is 44.5 cm³/mol. The molecule has 1 aliphatic rings. The van der Waals surface area contributed by atoms with Gasteiger partial charge in [-0.15, -0.1) is 0 Å². The van der Waals surface area contributed by atoms with Crippen molar-refractivity contribution in [3.05, 3.63) is 0 Å². The molecule has 1 saturated heterocycles. The van der Waals surface area contributed by atoms with E-state index in [0.29, 0.717) is 0 Å². The zero-order valence-electron chi connectivity index (χ0n) is 6.01. The Morgan fingerprint density at radius 3 is 2.50 bits per heavy atom. The molecule has 0 spiro atoms. The van der Waals surface area contributed by atoms with Gasteiger partial charge in [-0.2, -0.15) is 0 Å². The predicted octanol–water partition coefficient (Wildman–Crippen LogP) is 1.44. The second-order valence-electron chi connectivity index (χ2n) is 2.17. The number of amides is 1. The van der Waals surface area contributed by atoms with Crippen LogP contribution in [-0.4, -0.2) is 29.3 Å². The highest BCUT2D eigenvalue weighted by Gasteiger charge is 2.47. The molecule has 0 aromatic heterocycles. The van der Waals surface area contributed by atoms with E-state index in [1.165, 1.54) is 7.11 Å². The van der Waals surface area contributed by atoms with Crippen molar-refractivity contribution >= 4 is 40.9 Å². The Labute approximate surface area is 84.0 Å². The molecule has 1 rings (SSSR count). The van der Waals surface area contributed by atoms with Crippen LogP contribution in [0, 0.1) is 0 Å². The van der Waals surface area contributed by atoms with Gasteiger partial charge in [0, 0.05) is 7.11 Å². The van der Waals surface area contributed by atoms with Gasteiger partial charge in [0.15, 0.2) is 12.3 Å². The van der Waals surface area contributed by atoms with Gasteiger partial charge in [0.1, 0.15) is 0 Å². The van der Waals surface area contributed by atoms with E-state index in [9.17, 15) is 4.79 Å². The van der Waals surface area contributed by atoms with Crippen molar-refractivity contribution in [2.45, 2.75) is 16.1 Å². The van der Waals surface area contributed by atoms with E-state index in [0.717, 1.165) is 0 Å². The lowest BCUT2D eigenvalue weighted by Gasteiger charge is -2.21. The van der Waals surface area contributed by atoms with Crippen LogP contribution in [0.25, 0.3) is 0 Å². The van der Waals surface area contributed by atoms with Gasteiger partial charge >= 0.3 is 6.09 Å². The van der Waals surface area contributed by atoms with Gasteiger partial charge in [0.2, 0.25) is 3.79 Å². The second-order valence-corrected chi connectivity index (χ2v) is 4.54. The molecule has 1 aliphatic heterocycles. The summed E-state index contributed by atoms with van der Waals surface area (Å²) in [5.74, 6) is 0. The standard InChI is InChI=1S/C5H6Cl3NO3/c1-11-3-2(5(6,7)8)12-4(10)9-3/h2-3H,1H3,(H,9,10)/t2-,3+/m0/s1. The zero-order valence-corrected chi connectivity index (χ0v) is 8.28. The number of methoxy groups -OCH3 is 1. The number of halogens is 3. The lowest BCUT2D eigenvalue weighted by atomic mass is 10.3. The van der Waals surface area contributed by atoms with E-state index < -0.39 is 22.2 Å². The molecule has 0 saturated carbocycles. The van der Waals surface area contributed by atoms with Gasteiger partial charge < -0.3 is 9.47 Å². The van der Waals surface area contributed by atoms with Crippen molar-refractivity contribution in [2.75, 3.05) is 7.11 Å². The summed E-state index contributed by atoms with van der Waals surface area (Å²) in [6.45, 7) is 0. The summed E-state index contributed by atoms with van der Waals surface area (Å²) < 4.78 is 7.79. The van der Waals surface area contributed by atoms with Crippen molar-refractivity contribution < 1.29 is 14.3 Å². The molecule has 12 heavy (non-hydrogen) atoms. The number of nitrogens with one attached hydrogen (secondary N) is 1. The number of carbonyl (C=O) groups is 1. The van der Waals surface area contributed by atoms with Crippen molar-refractivity contribution in [1.82, 2.24) is 5.32 Å². The highest BCUT2D eigenvalue weighted by molar-refractivity contribution is 6.68. The topological polar surface area (TPSA) is 47.6 Å². The summed E-state index contributed by atoms with van der Waals surface area (Å²) in [6, 6.07) is 0. The molecule has 7 heteroatoms. The number of hydrogen-bond acceptors (Lipinski definition) is 3. The fourth-order valence-corrected chi connectivity index (χ4v) is 1.30. The molecular weight excluding hydrogens is 228 g/mol. The summed E-state index contributed by atoms with van der Waals surface area (Å²) in [4.78, 5) is 10.7. The van der Waals surface area contributed by atoms with E-state index in [1.807, 2.05) is 0 Å². The van der Waals surface area contributed by atoms with Gasteiger partial charge in [0.05, 0.1) is 0 Å². The summed E-state index contributed by atoms with van der Waals surface area (Å²) in [5, 5.41) is 2.32. The van der Waals surface area contributed by atoms with Crippen LogP contribution in [-0.2, 0) is 9.47 Å². The lowest BCUT2D eigenvalue weighted by molar-refractivity contribution is 0.0239. The molecule has 1 heterocycles. The van der Waals surface area contributed by atoms with Crippen LogP contribution in [0.5, 0.6) is 0 Å². The summed E-state index contributed by atoms with van der Waals surface area (Å²) in [7, 11) is 1.38. The Hall–Kier alpha value is 0.1000. The minimum Gasteiger partial charge on any atom is -0.437 e. The third-order valence-corrected chi connectivity index (χ3v) is 1.99. The van der Waals surface area contributed by atoms with Gasteiger partial charge in [-0.1, -0.05) is 34.8 Å². The van der Waals surface area contributed by atoms with E-state index in [2.05, 4.69) is 10.1 Å². The molecule has 2 atom stereocenters. The first kappa shape index (κ1) is 10.2. The number of alkyl carbamates (subject to hydrolysis) is 1. The monoisotopic (exact) mass is 233 g/mol. The third-order valence-electron chi connectivity index (χ3n) is 1.35. The van der Waals surface area contributed by atoms with Gasteiger partial charge in [-0.3, -0.25) is 5.32 Å². The minimum atomic E-state index is -1.68. The summed E-state index contributed by atoms with van der Waals surface area (Å²) >= 11 is 16.5. The SMILES string of the molecule is CO[C@H]1NC(=O)O[C@@H]1C(Cl)(Cl)Cl. The molecule has 1 amide bonds. The highest BCUT2D eigenvalue weighted by atomic mass is 35.6. The first-order chi connectivity index (χ1) is 5.45. The average molecular weight is 234 g/mol. The largest absolute Gasteiger partial charge is 0.437 e. The van der Waals surface area contributed by atoms with Crippen LogP contribution < -0.4 is 5.32 Å². The fourth-order valence-electron chi connectivity index (χ4n) is 0.824. The molecule has 0 bridgehead atoms. The third kappa shape index (κ3) is 2.07. The van der Waals surface area contributed by atoms with Gasteiger partial charge in [0.25, 0.3) is 0 Å². The van der Waals surface area contributed by atoms with Crippen LogP contribution >= 0.6 is 34.8 Å². The minimum absolute atomic E-state index is 0.654. The highest BCUT2D eigenvalue weighted by Crippen LogP contribution is 2.36. The Morgan fingerprint density at radius 2 is 2.17 bits per heavy atom. The molecule has 0 radical (unpaired) electrons. The first-order valence-electron chi connectivity index (χ1n) is 3.02. The maximum absolute atomic E-state index is 10.7. The molecule has 0 aromatic carbocycles. The van der Waals surface area contributed by atoms with Crippen molar-refractivity contribution in [1.29, 1.82) is 0 Å². The smallest absolute Gasteiger partial charge is 0.409 e. The second kappa shape index (κ2) is 3.46. The van der Waals surface area contributed by atoms with E-state index in [1.54, 1.807) is 0 Å². The average Bonchev–Trinajstić information content (AvgIpc) is 2.29. The summed E-state index contributed by atoms with van der Waals surface area (Å²) in [5.41, 5.74) is 0. The molecule has 70 valence electrons. The van der Waals surface area contributed by atoms with Crippen molar-refractivity contribution in [3.63, 3.8) is 0 Å². The number of cyclic esters (lactones) is 1. The molecular formula is C5H6Cl3NO3. The number of rotatable bonds is 1. The number of hydrogen-bond donors (Lipinski definition) is 1. The van der Waals surface area contributed by atoms with Crippen molar-refractivity contribution in [3.8, 4) is 0 Å². The maximum atomic E-state index is 10.7. The first-order valence-corrected chi connectivity index (χ1v) is 4.15. The van der Waals surface area contributed by atoms with Crippen LogP contribution in [0.3, 0.4) is 0 Å². The van der Waals surface area contributed by atoms with Gasteiger partial charge in [-0.05, 0) is 0 Å². The van der Waals surface area contributed by atoms with E-state index in [4.69, 9.17) is 39.5 Å². The van der Waals surface area contributed by atoms with E-state index in [-0.39, 0.29) is 0 Å². The van der Waals surface area contributed by atoms with Crippen LogP contribution in [0.2, 0.25) is 0 Å². The molecule has 1 N–H and O–H groups in total. The van der Waals surface area contributed by atoms with Crippen LogP contribution in [0.4, 0.5) is 4.79 Å². The number of carbonyl (C=O) groups excluding carboxylic acids is 1. The lowest BCUT2D eigenvalue weighted by Crippen LogP contribution is -2.40. The molecule has 1 fully saturated rings. The van der Waals surface area contributed by atoms with Crippen molar-refractivity contribution in [2.24, 2.45) is 0 Å². The summed E-state index contributed by atoms with van der Waals surface area (Å²) in [6.07, 6.45) is -2.29. The van der Waals surface area contributed by atoms with E-state index >= 15 is 0 Å². The Bertz CT molecular complexity index is 193. The molecule has 0 aliphatic carbocycles. The van der Waals surface area contributed by atoms with Crippen LogP contribution in [0.1, 0.15) is 0 Å². The normalized spacial score (nSPS) is 29.8. The molecule has 0 aromatic rings. The Balaban J connectivity index is 2.70. The molecule has 0 unspecified atom stereocenters. The maximum Gasteiger partial charge on any atom is 0.409 e.